The van der Waals surface area contributed by atoms with E-state index in [1.807, 2.05) is 35.2 Å². The number of anilines is 1. The fraction of sp³-hybridized carbons (Fsp3) is 0.364. The highest BCUT2D eigenvalue weighted by molar-refractivity contribution is 5.85. The molecule has 2 aromatic rings. The molecule has 2 N–H and O–H groups in total. The number of nitrogens with one attached hydrogen (secondary N) is 2. The van der Waals surface area contributed by atoms with Gasteiger partial charge in [0.1, 0.15) is 11.5 Å². The predicted octanol–water partition coefficient (Wildman–Crippen LogP) is 2.24. The fourth-order valence-corrected chi connectivity index (χ4v) is 3.46. The maximum Gasteiger partial charge on any atom is 0.257 e. The van der Waals surface area contributed by atoms with Gasteiger partial charge >= 0.3 is 0 Å². The Kier molecular flexibility index (Phi) is 6.94. The quantitative estimate of drug-likeness (QED) is 0.701. The number of para-hydroxylation sites is 1. The van der Waals surface area contributed by atoms with Crippen LogP contribution < -0.4 is 25.2 Å². The second-order valence-electron chi connectivity index (χ2n) is 6.97. The van der Waals surface area contributed by atoms with Crippen LogP contribution in [0.5, 0.6) is 11.5 Å². The Morgan fingerprint density at radius 2 is 1.69 bits per heavy atom. The Balaban J connectivity index is 1.46. The molecule has 0 atom stereocenters. The lowest BCUT2D eigenvalue weighted by Crippen LogP contribution is -2.47. The van der Waals surface area contributed by atoms with Crippen LogP contribution in [0.2, 0.25) is 0 Å². The van der Waals surface area contributed by atoms with Crippen LogP contribution in [-0.4, -0.2) is 39.1 Å². The number of nitrogens with zero attached hydrogens (tertiary/aromatic N) is 1. The van der Waals surface area contributed by atoms with Crippen molar-refractivity contribution >= 4 is 17.5 Å². The standard InChI is InChI=1S/C22H27N3O4/c1-28-18-12-16(13-19(14-18)29-2)9-10-21(26)23-24-22(27)15-25-11-5-7-17-6-3-4-8-20(17)25/h3-4,6,8,12-14H,5,7,9-11,15H2,1-2H3,(H,23,26)(H,24,27). The molecule has 0 unspecified atom stereocenters. The first-order valence-corrected chi connectivity index (χ1v) is 9.71. The van der Waals surface area contributed by atoms with E-state index in [0.717, 1.165) is 30.6 Å². The van der Waals surface area contributed by atoms with Gasteiger partial charge in [0.2, 0.25) is 5.91 Å². The fourth-order valence-electron chi connectivity index (χ4n) is 3.46. The lowest BCUT2D eigenvalue weighted by molar-refractivity contribution is -0.128. The first-order valence-electron chi connectivity index (χ1n) is 9.71. The molecule has 1 aliphatic heterocycles. The first kappa shape index (κ1) is 20.5. The van der Waals surface area contributed by atoms with Crippen molar-refractivity contribution in [3.8, 4) is 11.5 Å². The van der Waals surface area contributed by atoms with Crippen molar-refractivity contribution in [1.29, 1.82) is 0 Å². The third kappa shape index (κ3) is 5.63. The minimum absolute atomic E-state index is 0.213. The Hall–Kier alpha value is -3.22. The van der Waals surface area contributed by atoms with Crippen molar-refractivity contribution in [2.45, 2.75) is 25.7 Å². The van der Waals surface area contributed by atoms with Gasteiger partial charge in [-0.3, -0.25) is 20.4 Å². The number of fused-ring (bicyclic) bond motifs is 1. The minimum atomic E-state index is -0.251. The summed E-state index contributed by atoms with van der Waals surface area (Å²) >= 11 is 0. The topological polar surface area (TPSA) is 79.9 Å². The normalized spacial score (nSPS) is 12.7. The van der Waals surface area contributed by atoms with E-state index in [0.29, 0.717) is 17.9 Å². The van der Waals surface area contributed by atoms with E-state index >= 15 is 0 Å². The summed E-state index contributed by atoms with van der Waals surface area (Å²) in [6.45, 7) is 1.04. The highest BCUT2D eigenvalue weighted by atomic mass is 16.5. The van der Waals surface area contributed by atoms with Crippen LogP contribution in [0.4, 0.5) is 5.69 Å². The molecule has 154 valence electrons. The number of rotatable bonds is 7. The molecule has 7 nitrogen and oxygen atoms in total. The van der Waals surface area contributed by atoms with Gasteiger partial charge in [0, 0.05) is 24.7 Å². The van der Waals surface area contributed by atoms with Crippen molar-refractivity contribution in [2.75, 3.05) is 32.2 Å². The molecular formula is C22H27N3O4. The highest BCUT2D eigenvalue weighted by Gasteiger charge is 2.18. The third-order valence-electron chi connectivity index (χ3n) is 4.93. The molecule has 0 saturated carbocycles. The SMILES string of the molecule is COc1cc(CCC(=O)NNC(=O)CN2CCCc3ccccc32)cc(OC)c1. The van der Waals surface area contributed by atoms with Gasteiger partial charge in [0.05, 0.1) is 20.8 Å². The van der Waals surface area contributed by atoms with Gasteiger partial charge in [-0.2, -0.15) is 0 Å². The highest BCUT2D eigenvalue weighted by Crippen LogP contribution is 2.26. The molecule has 0 bridgehead atoms. The van der Waals surface area contributed by atoms with Crippen LogP contribution in [-0.2, 0) is 22.4 Å². The number of hydrogen-bond acceptors (Lipinski definition) is 5. The number of hydrazine groups is 1. The van der Waals surface area contributed by atoms with Gasteiger partial charge in [0.15, 0.2) is 0 Å². The maximum atomic E-state index is 12.3. The van der Waals surface area contributed by atoms with Gasteiger partial charge < -0.3 is 14.4 Å². The second kappa shape index (κ2) is 9.82. The molecule has 0 aliphatic carbocycles. The van der Waals surface area contributed by atoms with Gasteiger partial charge in [-0.25, -0.2) is 0 Å². The summed E-state index contributed by atoms with van der Waals surface area (Å²) in [7, 11) is 3.17. The second-order valence-corrected chi connectivity index (χ2v) is 6.97. The number of amides is 2. The summed E-state index contributed by atoms with van der Waals surface area (Å²) in [6.07, 6.45) is 2.79. The van der Waals surface area contributed by atoms with Crippen LogP contribution in [0.3, 0.4) is 0 Å². The van der Waals surface area contributed by atoms with Crippen molar-refractivity contribution in [3.63, 3.8) is 0 Å². The first-order chi connectivity index (χ1) is 14.1. The van der Waals surface area contributed by atoms with E-state index in [1.165, 1.54) is 5.56 Å². The van der Waals surface area contributed by atoms with Crippen LogP contribution in [0.15, 0.2) is 42.5 Å². The molecular weight excluding hydrogens is 370 g/mol. The van der Waals surface area contributed by atoms with Gasteiger partial charge in [-0.1, -0.05) is 18.2 Å². The molecule has 0 radical (unpaired) electrons. The van der Waals surface area contributed by atoms with E-state index in [2.05, 4.69) is 16.9 Å². The molecule has 0 fully saturated rings. The Bertz CT molecular complexity index is 847. The monoisotopic (exact) mass is 397 g/mol. The zero-order valence-electron chi connectivity index (χ0n) is 16.9. The van der Waals surface area contributed by atoms with Crippen molar-refractivity contribution in [2.24, 2.45) is 0 Å². The molecule has 7 heteroatoms. The summed E-state index contributed by atoms with van der Waals surface area (Å²) in [5.41, 5.74) is 8.28. The Morgan fingerprint density at radius 3 is 2.41 bits per heavy atom. The molecule has 0 saturated heterocycles. The number of methoxy groups -OCH3 is 2. The zero-order valence-corrected chi connectivity index (χ0v) is 16.9. The van der Waals surface area contributed by atoms with Gasteiger partial charge in [-0.05, 0) is 48.6 Å². The lowest BCUT2D eigenvalue weighted by atomic mass is 10.0. The molecule has 29 heavy (non-hydrogen) atoms. The Morgan fingerprint density at radius 1 is 1.00 bits per heavy atom. The molecule has 1 heterocycles. The zero-order chi connectivity index (χ0) is 20.6. The minimum Gasteiger partial charge on any atom is -0.497 e. The van der Waals surface area contributed by atoms with Crippen LogP contribution in [0.1, 0.15) is 24.0 Å². The predicted molar refractivity (Wildman–Crippen MR) is 111 cm³/mol. The number of ether oxygens (including phenoxy) is 2. The number of aryl methyl sites for hydroxylation is 2. The summed E-state index contributed by atoms with van der Waals surface area (Å²) in [5.74, 6) is 0.863. The molecule has 2 aromatic carbocycles. The molecule has 3 rings (SSSR count). The maximum absolute atomic E-state index is 12.3. The summed E-state index contributed by atoms with van der Waals surface area (Å²) in [5, 5.41) is 0. The largest absolute Gasteiger partial charge is 0.497 e. The van der Waals surface area contributed by atoms with E-state index < -0.39 is 0 Å². The van der Waals surface area contributed by atoms with Crippen LogP contribution in [0.25, 0.3) is 0 Å². The Labute approximate surface area is 171 Å². The van der Waals surface area contributed by atoms with Gasteiger partial charge in [-0.15, -0.1) is 0 Å². The number of benzene rings is 2. The average molecular weight is 397 g/mol. The summed E-state index contributed by atoms with van der Waals surface area (Å²) in [6, 6.07) is 13.6. The summed E-state index contributed by atoms with van der Waals surface area (Å²) in [4.78, 5) is 26.4. The lowest BCUT2D eigenvalue weighted by Gasteiger charge is -2.30. The van der Waals surface area contributed by atoms with Crippen LogP contribution >= 0.6 is 0 Å². The summed E-state index contributed by atoms with van der Waals surface area (Å²) < 4.78 is 10.5. The van der Waals surface area contributed by atoms with Crippen molar-refractivity contribution < 1.29 is 19.1 Å². The number of hydrogen-bond donors (Lipinski definition) is 2. The van der Waals surface area contributed by atoms with Gasteiger partial charge in [0.25, 0.3) is 5.91 Å². The number of carbonyl (C=O) groups excluding carboxylic acids is 2. The molecule has 0 aromatic heterocycles. The van der Waals surface area contributed by atoms with Crippen LogP contribution in [0, 0.1) is 0 Å². The van der Waals surface area contributed by atoms with Crippen molar-refractivity contribution in [1.82, 2.24) is 10.9 Å². The average Bonchev–Trinajstić information content (AvgIpc) is 2.76. The van der Waals surface area contributed by atoms with E-state index in [4.69, 9.17) is 9.47 Å². The third-order valence-corrected chi connectivity index (χ3v) is 4.93. The number of carbonyl (C=O) groups is 2. The van der Waals surface area contributed by atoms with Crippen molar-refractivity contribution in [3.05, 3.63) is 53.6 Å². The molecule has 0 spiro atoms. The molecule has 1 aliphatic rings. The van der Waals surface area contributed by atoms with E-state index in [1.54, 1.807) is 20.3 Å². The smallest absolute Gasteiger partial charge is 0.257 e. The van der Waals surface area contributed by atoms with E-state index in [-0.39, 0.29) is 24.8 Å². The molecule has 2 amide bonds. The van der Waals surface area contributed by atoms with E-state index in [9.17, 15) is 9.59 Å².